The summed E-state index contributed by atoms with van der Waals surface area (Å²) >= 11 is 0. The van der Waals surface area contributed by atoms with Crippen molar-refractivity contribution < 1.29 is 9.13 Å². The predicted molar refractivity (Wildman–Crippen MR) is 80.5 cm³/mol. The van der Waals surface area contributed by atoms with Gasteiger partial charge in [0.05, 0.1) is 7.11 Å². The van der Waals surface area contributed by atoms with Crippen molar-refractivity contribution in [1.82, 2.24) is 5.32 Å². The number of hydrogen-bond acceptors (Lipinski definition) is 2. The lowest BCUT2D eigenvalue weighted by molar-refractivity contribution is 0.370. The Morgan fingerprint density at radius 2 is 2.05 bits per heavy atom. The van der Waals surface area contributed by atoms with Gasteiger partial charge in [-0.25, -0.2) is 4.39 Å². The van der Waals surface area contributed by atoms with Gasteiger partial charge in [-0.1, -0.05) is 25.8 Å². The van der Waals surface area contributed by atoms with Crippen LogP contribution in [-0.2, 0) is 0 Å². The molecular weight excluding hydrogens is 253 g/mol. The third kappa shape index (κ3) is 3.72. The van der Waals surface area contributed by atoms with E-state index in [9.17, 15) is 4.39 Å². The number of methoxy groups -OCH3 is 1. The van der Waals surface area contributed by atoms with Crippen molar-refractivity contribution in [2.24, 2.45) is 5.92 Å². The van der Waals surface area contributed by atoms with E-state index in [1.54, 1.807) is 13.2 Å². The van der Waals surface area contributed by atoms with Crippen LogP contribution in [0.2, 0.25) is 0 Å². The minimum absolute atomic E-state index is 0.0236. The predicted octanol–water partition coefficient (Wildman–Crippen LogP) is 4.45. The van der Waals surface area contributed by atoms with Gasteiger partial charge in [-0.05, 0) is 44.2 Å². The maximum atomic E-state index is 14.1. The molecule has 2 nitrogen and oxygen atoms in total. The second-order valence-corrected chi connectivity index (χ2v) is 6.05. The van der Waals surface area contributed by atoms with E-state index in [1.807, 2.05) is 13.0 Å². The van der Waals surface area contributed by atoms with E-state index in [0.717, 1.165) is 5.92 Å². The van der Waals surface area contributed by atoms with Gasteiger partial charge in [-0.2, -0.15) is 0 Å². The van der Waals surface area contributed by atoms with E-state index in [-0.39, 0.29) is 11.9 Å². The Morgan fingerprint density at radius 3 is 2.80 bits per heavy atom. The molecule has 3 atom stereocenters. The molecule has 1 aromatic carbocycles. The van der Waals surface area contributed by atoms with Gasteiger partial charge in [0.15, 0.2) is 0 Å². The third-order valence-electron chi connectivity index (χ3n) is 4.41. The summed E-state index contributed by atoms with van der Waals surface area (Å²) in [6.07, 6.45) is 6.21. The summed E-state index contributed by atoms with van der Waals surface area (Å²) in [5, 5.41) is 3.59. The first kappa shape index (κ1) is 15.3. The molecule has 1 saturated carbocycles. The number of rotatable bonds is 4. The van der Waals surface area contributed by atoms with Crippen LogP contribution in [0.1, 0.15) is 57.6 Å². The third-order valence-corrected chi connectivity index (χ3v) is 4.41. The zero-order valence-corrected chi connectivity index (χ0v) is 12.8. The molecule has 3 unspecified atom stereocenters. The van der Waals surface area contributed by atoms with Crippen molar-refractivity contribution in [3.63, 3.8) is 0 Å². The lowest BCUT2D eigenvalue weighted by Gasteiger charge is -2.24. The molecule has 0 aliphatic heterocycles. The smallest absolute Gasteiger partial charge is 0.131 e. The lowest BCUT2D eigenvalue weighted by Crippen LogP contribution is -2.31. The second-order valence-electron chi connectivity index (χ2n) is 6.05. The summed E-state index contributed by atoms with van der Waals surface area (Å²) in [6, 6.07) is 5.48. The summed E-state index contributed by atoms with van der Waals surface area (Å²) in [4.78, 5) is 0. The Balaban J connectivity index is 2.06. The van der Waals surface area contributed by atoms with Gasteiger partial charge in [0.2, 0.25) is 0 Å². The van der Waals surface area contributed by atoms with E-state index in [2.05, 4.69) is 12.2 Å². The Hall–Kier alpha value is -1.09. The van der Waals surface area contributed by atoms with Crippen molar-refractivity contribution in [1.29, 1.82) is 0 Å². The van der Waals surface area contributed by atoms with E-state index in [0.29, 0.717) is 17.4 Å². The molecule has 0 amide bonds. The topological polar surface area (TPSA) is 21.3 Å². The number of halogens is 1. The molecular formula is C17H26FNO. The van der Waals surface area contributed by atoms with Crippen LogP contribution in [0.25, 0.3) is 0 Å². The summed E-state index contributed by atoms with van der Waals surface area (Å²) < 4.78 is 19.4. The monoisotopic (exact) mass is 279 g/mol. The molecule has 2 rings (SSSR count). The van der Waals surface area contributed by atoms with E-state index in [4.69, 9.17) is 4.74 Å². The molecule has 20 heavy (non-hydrogen) atoms. The Bertz CT molecular complexity index is 435. The first-order valence-corrected chi connectivity index (χ1v) is 7.70. The van der Waals surface area contributed by atoms with Crippen LogP contribution in [-0.4, -0.2) is 13.2 Å². The first-order valence-electron chi connectivity index (χ1n) is 7.70. The zero-order chi connectivity index (χ0) is 14.5. The van der Waals surface area contributed by atoms with Crippen molar-refractivity contribution in [3.8, 4) is 5.75 Å². The number of ether oxygens (including phenoxy) is 1. The minimum Gasteiger partial charge on any atom is -0.496 e. The van der Waals surface area contributed by atoms with Gasteiger partial charge in [0.25, 0.3) is 0 Å². The van der Waals surface area contributed by atoms with E-state index < -0.39 is 0 Å². The fourth-order valence-corrected chi connectivity index (χ4v) is 3.21. The molecule has 1 aliphatic rings. The van der Waals surface area contributed by atoms with Crippen LogP contribution in [0.4, 0.5) is 4.39 Å². The number of nitrogens with one attached hydrogen (secondary N) is 1. The average Bonchev–Trinajstić information content (AvgIpc) is 2.63. The normalized spacial score (nSPS) is 25.0. The molecule has 1 aromatic rings. The Kier molecular flexibility index (Phi) is 5.41. The summed E-state index contributed by atoms with van der Waals surface area (Å²) in [5.41, 5.74) is 0.646. The molecule has 0 saturated heterocycles. The van der Waals surface area contributed by atoms with Gasteiger partial charge in [0, 0.05) is 17.6 Å². The fourth-order valence-electron chi connectivity index (χ4n) is 3.21. The standard InChI is InChI=1S/C17H26FNO/c1-12-6-4-7-14(11-10-12)19-13(2)17-15(18)8-5-9-16(17)20-3/h5,8-9,12-14,19H,4,6-7,10-11H2,1-3H3. The van der Waals surface area contributed by atoms with Crippen molar-refractivity contribution in [2.75, 3.05) is 7.11 Å². The minimum atomic E-state index is -0.189. The molecule has 0 spiro atoms. The van der Waals surface area contributed by atoms with Crippen LogP contribution in [0.3, 0.4) is 0 Å². The molecule has 0 aromatic heterocycles. The molecule has 112 valence electrons. The van der Waals surface area contributed by atoms with Crippen LogP contribution < -0.4 is 10.1 Å². The maximum absolute atomic E-state index is 14.1. The summed E-state index contributed by atoms with van der Waals surface area (Å²) in [7, 11) is 1.60. The molecule has 3 heteroatoms. The van der Waals surface area contributed by atoms with E-state index in [1.165, 1.54) is 38.2 Å². The highest BCUT2D eigenvalue weighted by molar-refractivity contribution is 5.36. The average molecular weight is 279 g/mol. The second kappa shape index (κ2) is 7.07. The number of hydrogen-bond donors (Lipinski definition) is 1. The lowest BCUT2D eigenvalue weighted by atomic mass is 10.0. The van der Waals surface area contributed by atoms with Crippen molar-refractivity contribution >= 4 is 0 Å². The highest BCUT2D eigenvalue weighted by Gasteiger charge is 2.21. The quantitative estimate of drug-likeness (QED) is 0.822. The fraction of sp³-hybridized carbons (Fsp3) is 0.647. The van der Waals surface area contributed by atoms with Crippen LogP contribution in [0.15, 0.2) is 18.2 Å². The SMILES string of the molecule is COc1cccc(F)c1C(C)NC1CCCC(C)CC1. The molecule has 1 fully saturated rings. The van der Waals surface area contributed by atoms with Crippen molar-refractivity contribution in [2.45, 2.75) is 58.0 Å². The largest absolute Gasteiger partial charge is 0.496 e. The van der Waals surface area contributed by atoms with Crippen LogP contribution in [0, 0.1) is 11.7 Å². The molecule has 1 aliphatic carbocycles. The Morgan fingerprint density at radius 1 is 1.25 bits per heavy atom. The summed E-state index contributed by atoms with van der Waals surface area (Å²) in [5.74, 6) is 1.26. The first-order chi connectivity index (χ1) is 9.61. The van der Waals surface area contributed by atoms with Gasteiger partial charge < -0.3 is 10.1 Å². The highest BCUT2D eigenvalue weighted by Crippen LogP contribution is 2.30. The van der Waals surface area contributed by atoms with Gasteiger partial charge in [-0.3, -0.25) is 0 Å². The van der Waals surface area contributed by atoms with Crippen LogP contribution >= 0.6 is 0 Å². The summed E-state index contributed by atoms with van der Waals surface area (Å²) in [6.45, 7) is 4.35. The van der Waals surface area contributed by atoms with Crippen LogP contribution in [0.5, 0.6) is 5.75 Å². The van der Waals surface area contributed by atoms with E-state index >= 15 is 0 Å². The maximum Gasteiger partial charge on any atom is 0.131 e. The Labute approximate surface area is 121 Å². The molecule has 0 heterocycles. The highest BCUT2D eigenvalue weighted by atomic mass is 19.1. The van der Waals surface area contributed by atoms with Gasteiger partial charge in [0.1, 0.15) is 11.6 Å². The van der Waals surface area contributed by atoms with Crippen molar-refractivity contribution in [3.05, 3.63) is 29.6 Å². The van der Waals surface area contributed by atoms with Gasteiger partial charge in [-0.15, -0.1) is 0 Å². The zero-order valence-electron chi connectivity index (χ0n) is 12.8. The molecule has 0 radical (unpaired) electrons. The van der Waals surface area contributed by atoms with Gasteiger partial charge >= 0.3 is 0 Å². The molecule has 0 bridgehead atoms. The number of benzene rings is 1. The molecule has 1 N–H and O–H groups in total.